The van der Waals surface area contributed by atoms with Gasteiger partial charge in [-0.15, -0.1) is 0 Å². The van der Waals surface area contributed by atoms with E-state index in [9.17, 15) is 9.59 Å². The fourth-order valence-corrected chi connectivity index (χ4v) is 4.34. The molecule has 1 aromatic carbocycles. The van der Waals surface area contributed by atoms with Gasteiger partial charge in [0.25, 0.3) is 5.56 Å². The van der Waals surface area contributed by atoms with Crippen molar-refractivity contribution in [3.63, 3.8) is 0 Å². The van der Waals surface area contributed by atoms with Crippen LogP contribution < -0.4 is 10.9 Å². The fourth-order valence-electron chi connectivity index (χ4n) is 4.34. The number of pyridine rings is 1. The van der Waals surface area contributed by atoms with Gasteiger partial charge < -0.3 is 5.32 Å². The van der Waals surface area contributed by atoms with Crippen LogP contribution in [-0.2, 0) is 4.79 Å². The van der Waals surface area contributed by atoms with Crippen molar-refractivity contribution >= 4 is 22.6 Å². The Morgan fingerprint density at radius 1 is 1.14 bits per heavy atom. The summed E-state index contributed by atoms with van der Waals surface area (Å²) in [6.07, 6.45) is 8.09. The third kappa shape index (κ3) is 4.21. The standard InChI is InChI=1S/C23H26N4O2/c1-16-25-19-12-6-5-11-18(19)23(29)27(16)20(15-17-9-3-2-4-10-17)22(28)26-21-13-7-8-14-24-21/h5-8,11-14,17,20H,2-4,9-10,15H2,1H3,(H,24,26,28). The van der Waals surface area contributed by atoms with E-state index in [1.807, 2.05) is 24.3 Å². The van der Waals surface area contributed by atoms with Gasteiger partial charge in [0.1, 0.15) is 17.7 Å². The van der Waals surface area contributed by atoms with Gasteiger partial charge in [0.15, 0.2) is 0 Å². The summed E-state index contributed by atoms with van der Waals surface area (Å²) < 4.78 is 1.58. The van der Waals surface area contributed by atoms with E-state index in [0.29, 0.717) is 34.9 Å². The maximum atomic E-state index is 13.3. The first-order chi connectivity index (χ1) is 14.1. The zero-order valence-corrected chi connectivity index (χ0v) is 16.7. The van der Waals surface area contributed by atoms with E-state index >= 15 is 0 Å². The first kappa shape index (κ1) is 19.3. The van der Waals surface area contributed by atoms with Crippen LogP contribution in [0.4, 0.5) is 5.82 Å². The van der Waals surface area contributed by atoms with Crippen LogP contribution in [0.25, 0.3) is 10.9 Å². The van der Waals surface area contributed by atoms with Crippen molar-refractivity contribution in [2.75, 3.05) is 5.32 Å². The van der Waals surface area contributed by atoms with E-state index in [0.717, 1.165) is 12.8 Å². The van der Waals surface area contributed by atoms with Crippen LogP contribution in [-0.4, -0.2) is 20.4 Å². The Morgan fingerprint density at radius 2 is 1.90 bits per heavy atom. The maximum absolute atomic E-state index is 13.3. The number of nitrogens with one attached hydrogen (secondary N) is 1. The molecule has 6 heteroatoms. The molecule has 6 nitrogen and oxygen atoms in total. The number of anilines is 1. The molecule has 0 radical (unpaired) electrons. The molecule has 1 amide bonds. The Hall–Kier alpha value is -3.02. The Labute approximate surface area is 170 Å². The van der Waals surface area contributed by atoms with Crippen LogP contribution in [0, 0.1) is 12.8 Å². The number of rotatable bonds is 5. The van der Waals surface area contributed by atoms with Gasteiger partial charge in [-0.1, -0.05) is 50.3 Å². The average molecular weight is 390 g/mol. The Balaban J connectivity index is 1.74. The second-order valence-electron chi connectivity index (χ2n) is 7.81. The van der Waals surface area contributed by atoms with Gasteiger partial charge in [-0.3, -0.25) is 14.2 Å². The summed E-state index contributed by atoms with van der Waals surface area (Å²) in [5, 5.41) is 3.43. The van der Waals surface area contributed by atoms with Gasteiger partial charge in [-0.2, -0.15) is 0 Å². The molecule has 1 aliphatic rings. The van der Waals surface area contributed by atoms with Crippen LogP contribution in [0.1, 0.15) is 50.4 Å². The van der Waals surface area contributed by atoms with Crippen LogP contribution >= 0.6 is 0 Å². The zero-order valence-electron chi connectivity index (χ0n) is 16.7. The minimum atomic E-state index is -0.607. The molecule has 1 fully saturated rings. The van der Waals surface area contributed by atoms with Crippen molar-refractivity contribution in [1.29, 1.82) is 0 Å². The lowest BCUT2D eigenvalue weighted by atomic mass is 9.84. The lowest BCUT2D eigenvalue weighted by Crippen LogP contribution is -2.37. The van der Waals surface area contributed by atoms with Gasteiger partial charge in [0.2, 0.25) is 5.91 Å². The zero-order chi connectivity index (χ0) is 20.2. The highest BCUT2D eigenvalue weighted by Gasteiger charge is 2.29. The molecular weight excluding hydrogens is 364 g/mol. The van der Waals surface area contributed by atoms with Crippen molar-refractivity contribution < 1.29 is 4.79 Å². The number of para-hydroxylation sites is 1. The predicted molar refractivity (Wildman–Crippen MR) is 114 cm³/mol. The quantitative estimate of drug-likeness (QED) is 0.706. The molecule has 0 bridgehead atoms. The monoisotopic (exact) mass is 390 g/mol. The van der Waals surface area contributed by atoms with E-state index in [1.54, 1.807) is 35.9 Å². The Morgan fingerprint density at radius 3 is 2.66 bits per heavy atom. The normalized spacial score (nSPS) is 15.9. The first-order valence-corrected chi connectivity index (χ1v) is 10.3. The molecule has 1 saturated carbocycles. The van der Waals surface area contributed by atoms with E-state index in [2.05, 4.69) is 15.3 Å². The predicted octanol–water partition coefficient (Wildman–Crippen LogP) is 4.25. The summed E-state index contributed by atoms with van der Waals surface area (Å²) in [7, 11) is 0. The second-order valence-corrected chi connectivity index (χ2v) is 7.81. The van der Waals surface area contributed by atoms with Gasteiger partial charge in [0.05, 0.1) is 10.9 Å². The number of aryl methyl sites for hydroxylation is 1. The molecule has 1 N–H and O–H groups in total. The molecule has 3 aromatic rings. The average Bonchev–Trinajstić information content (AvgIpc) is 2.74. The number of amides is 1. The van der Waals surface area contributed by atoms with Gasteiger partial charge >= 0.3 is 0 Å². The first-order valence-electron chi connectivity index (χ1n) is 10.3. The Bertz CT molecular complexity index is 1060. The SMILES string of the molecule is Cc1nc2ccccc2c(=O)n1C(CC1CCCCC1)C(=O)Nc1ccccn1. The smallest absolute Gasteiger partial charge is 0.262 e. The molecule has 4 rings (SSSR count). The van der Waals surface area contributed by atoms with Crippen LogP contribution in [0.2, 0.25) is 0 Å². The van der Waals surface area contributed by atoms with Crippen molar-refractivity contribution in [2.45, 2.75) is 51.5 Å². The number of carbonyl (C=O) groups is 1. The molecule has 150 valence electrons. The second kappa shape index (κ2) is 8.55. The molecule has 29 heavy (non-hydrogen) atoms. The van der Waals surface area contributed by atoms with Crippen molar-refractivity contribution in [2.24, 2.45) is 5.92 Å². The number of aromatic nitrogens is 3. The molecule has 0 aliphatic heterocycles. The molecule has 2 aromatic heterocycles. The van der Waals surface area contributed by atoms with Gasteiger partial charge in [-0.05, 0) is 43.5 Å². The third-order valence-electron chi connectivity index (χ3n) is 5.80. The molecule has 0 saturated heterocycles. The molecular formula is C23H26N4O2. The van der Waals surface area contributed by atoms with Crippen molar-refractivity contribution in [3.8, 4) is 0 Å². The summed E-state index contributed by atoms with van der Waals surface area (Å²) in [5.41, 5.74) is 0.498. The number of fused-ring (bicyclic) bond motifs is 1. The minimum Gasteiger partial charge on any atom is -0.309 e. The summed E-state index contributed by atoms with van der Waals surface area (Å²) in [5.74, 6) is 1.27. The number of nitrogens with zero attached hydrogens (tertiary/aromatic N) is 3. The number of hydrogen-bond acceptors (Lipinski definition) is 4. The maximum Gasteiger partial charge on any atom is 0.262 e. The molecule has 0 spiro atoms. The summed E-state index contributed by atoms with van der Waals surface area (Å²) in [4.78, 5) is 35.4. The summed E-state index contributed by atoms with van der Waals surface area (Å²) in [6.45, 7) is 1.80. The molecule has 1 unspecified atom stereocenters. The van der Waals surface area contributed by atoms with Crippen molar-refractivity contribution in [3.05, 3.63) is 64.8 Å². The highest BCUT2D eigenvalue weighted by atomic mass is 16.2. The van der Waals surface area contributed by atoms with Crippen LogP contribution in [0.5, 0.6) is 0 Å². The third-order valence-corrected chi connectivity index (χ3v) is 5.80. The number of carbonyl (C=O) groups excluding carboxylic acids is 1. The molecule has 1 aliphatic carbocycles. The van der Waals surface area contributed by atoms with E-state index < -0.39 is 6.04 Å². The van der Waals surface area contributed by atoms with Gasteiger partial charge in [-0.25, -0.2) is 9.97 Å². The lowest BCUT2D eigenvalue weighted by Gasteiger charge is -2.28. The molecule has 1 atom stereocenters. The topological polar surface area (TPSA) is 76.9 Å². The highest BCUT2D eigenvalue weighted by Crippen LogP contribution is 2.31. The van der Waals surface area contributed by atoms with E-state index in [-0.39, 0.29) is 11.5 Å². The largest absolute Gasteiger partial charge is 0.309 e. The van der Waals surface area contributed by atoms with Crippen LogP contribution in [0.15, 0.2) is 53.5 Å². The van der Waals surface area contributed by atoms with Crippen LogP contribution in [0.3, 0.4) is 0 Å². The summed E-state index contributed by atoms with van der Waals surface area (Å²) in [6, 6.07) is 12.1. The van der Waals surface area contributed by atoms with Gasteiger partial charge in [0, 0.05) is 6.20 Å². The fraction of sp³-hybridized carbons (Fsp3) is 0.391. The minimum absolute atomic E-state index is 0.162. The van der Waals surface area contributed by atoms with E-state index in [4.69, 9.17) is 0 Å². The number of benzene rings is 1. The number of hydrogen-bond donors (Lipinski definition) is 1. The van der Waals surface area contributed by atoms with Crippen molar-refractivity contribution in [1.82, 2.24) is 14.5 Å². The molecule has 2 heterocycles. The highest BCUT2D eigenvalue weighted by molar-refractivity contribution is 5.93. The van der Waals surface area contributed by atoms with E-state index in [1.165, 1.54) is 19.3 Å². The summed E-state index contributed by atoms with van der Waals surface area (Å²) >= 11 is 0. The lowest BCUT2D eigenvalue weighted by molar-refractivity contribution is -0.120. The Kier molecular flexibility index (Phi) is 5.69.